The molecule has 2 aromatic carbocycles. The molecule has 0 saturated heterocycles. The molecule has 3 rings (SSSR count). The van der Waals surface area contributed by atoms with E-state index in [9.17, 15) is 13.2 Å². The molecule has 8 heteroatoms. The van der Waals surface area contributed by atoms with Gasteiger partial charge in [0.25, 0.3) is 0 Å². The largest absolute Gasteiger partial charge is 0.478 e. The molecule has 3 aromatic rings. The van der Waals surface area contributed by atoms with E-state index in [1.165, 1.54) is 40.7 Å². The second-order valence-electron chi connectivity index (χ2n) is 6.23. The smallest absolute Gasteiger partial charge is 0.335 e. The van der Waals surface area contributed by atoms with Crippen LogP contribution in [0.15, 0.2) is 77.8 Å². The van der Waals surface area contributed by atoms with E-state index in [2.05, 4.69) is 4.98 Å². The number of hydrogen-bond acceptors (Lipinski definition) is 5. The molecule has 0 unspecified atom stereocenters. The van der Waals surface area contributed by atoms with Crippen molar-refractivity contribution in [3.05, 3.63) is 95.3 Å². The van der Waals surface area contributed by atoms with Crippen LogP contribution >= 0.6 is 0 Å². The van der Waals surface area contributed by atoms with Gasteiger partial charge in [-0.05, 0) is 54.1 Å². The van der Waals surface area contributed by atoms with Gasteiger partial charge in [0, 0.05) is 12.7 Å². The summed E-state index contributed by atoms with van der Waals surface area (Å²) in [6, 6.07) is 19.0. The topological polar surface area (TPSA) is 111 Å². The van der Waals surface area contributed by atoms with E-state index in [1.807, 2.05) is 6.07 Å². The molecule has 0 fully saturated rings. The Hall–Kier alpha value is -3.54. The van der Waals surface area contributed by atoms with Gasteiger partial charge in [0.2, 0.25) is 10.0 Å². The lowest BCUT2D eigenvalue weighted by Crippen LogP contribution is -2.30. The predicted molar refractivity (Wildman–Crippen MR) is 105 cm³/mol. The molecule has 0 atom stereocenters. The van der Waals surface area contributed by atoms with Crippen LogP contribution in [0.5, 0.6) is 0 Å². The number of carboxylic acid groups (broad SMARTS) is 1. The fourth-order valence-corrected chi connectivity index (χ4v) is 4.10. The number of nitriles is 1. The van der Waals surface area contributed by atoms with Crippen LogP contribution in [0.2, 0.25) is 0 Å². The number of nitrogens with zero attached hydrogens (tertiary/aromatic N) is 3. The number of carboxylic acids is 1. The van der Waals surface area contributed by atoms with Crippen LogP contribution in [0.1, 0.15) is 27.2 Å². The van der Waals surface area contributed by atoms with Gasteiger partial charge in [0.15, 0.2) is 0 Å². The van der Waals surface area contributed by atoms with E-state index in [1.54, 1.807) is 36.5 Å². The Labute approximate surface area is 168 Å². The summed E-state index contributed by atoms with van der Waals surface area (Å²) in [4.78, 5) is 15.3. The van der Waals surface area contributed by atoms with Crippen LogP contribution in [0.4, 0.5) is 0 Å². The maximum atomic E-state index is 13.2. The van der Waals surface area contributed by atoms with Gasteiger partial charge in [-0.1, -0.05) is 18.2 Å². The molecule has 0 amide bonds. The van der Waals surface area contributed by atoms with E-state index in [0.29, 0.717) is 16.8 Å². The Morgan fingerprint density at radius 2 is 1.69 bits per heavy atom. The van der Waals surface area contributed by atoms with Crippen molar-refractivity contribution in [3.8, 4) is 6.07 Å². The zero-order chi connectivity index (χ0) is 20.9. The summed E-state index contributed by atoms with van der Waals surface area (Å²) >= 11 is 0. The van der Waals surface area contributed by atoms with Gasteiger partial charge < -0.3 is 5.11 Å². The summed E-state index contributed by atoms with van der Waals surface area (Å²) in [5, 5.41) is 18.0. The van der Waals surface area contributed by atoms with Crippen LogP contribution in [-0.4, -0.2) is 28.8 Å². The van der Waals surface area contributed by atoms with Gasteiger partial charge in [-0.3, -0.25) is 4.98 Å². The Morgan fingerprint density at radius 1 is 1.00 bits per heavy atom. The molecule has 1 heterocycles. The number of aromatic nitrogens is 1. The summed E-state index contributed by atoms with van der Waals surface area (Å²) in [5.74, 6) is -1.05. The van der Waals surface area contributed by atoms with Crippen molar-refractivity contribution in [2.24, 2.45) is 0 Å². The van der Waals surface area contributed by atoms with Crippen LogP contribution < -0.4 is 0 Å². The van der Waals surface area contributed by atoms with Crippen molar-refractivity contribution in [2.45, 2.75) is 18.0 Å². The Kier molecular flexibility index (Phi) is 6.02. The summed E-state index contributed by atoms with van der Waals surface area (Å²) in [5.41, 5.74) is 1.71. The van der Waals surface area contributed by atoms with Gasteiger partial charge in [-0.25, -0.2) is 13.2 Å². The number of benzene rings is 2. The van der Waals surface area contributed by atoms with E-state index in [0.717, 1.165) is 0 Å². The molecule has 146 valence electrons. The standard InChI is InChI=1S/C21H17N3O4S/c22-13-16-6-10-20(11-7-16)29(27,28)24(15-19-3-1-2-12-23-19)14-17-4-8-18(9-5-17)21(25)26/h1-12H,14-15H2,(H,25,26). The number of pyridine rings is 1. The van der Waals surface area contributed by atoms with E-state index in [-0.39, 0.29) is 23.5 Å². The number of rotatable bonds is 7. The number of aromatic carboxylic acids is 1. The second-order valence-corrected chi connectivity index (χ2v) is 8.17. The maximum Gasteiger partial charge on any atom is 0.335 e. The average Bonchev–Trinajstić information content (AvgIpc) is 2.74. The summed E-state index contributed by atoms with van der Waals surface area (Å²) in [7, 11) is -3.88. The van der Waals surface area contributed by atoms with Gasteiger partial charge in [-0.15, -0.1) is 0 Å². The highest BCUT2D eigenvalue weighted by molar-refractivity contribution is 7.89. The zero-order valence-corrected chi connectivity index (χ0v) is 16.1. The Bertz CT molecular complexity index is 1140. The first-order valence-corrected chi connectivity index (χ1v) is 10.1. The SMILES string of the molecule is N#Cc1ccc(S(=O)(=O)N(Cc2ccc(C(=O)O)cc2)Cc2ccccn2)cc1. The molecular formula is C21H17N3O4S. The highest BCUT2D eigenvalue weighted by Gasteiger charge is 2.25. The van der Waals surface area contributed by atoms with Gasteiger partial charge in [0.05, 0.1) is 34.3 Å². The van der Waals surface area contributed by atoms with Crippen LogP contribution in [0.3, 0.4) is 0 Å². The number of sulfonamides is 1. The number of carbonyl (C=O) groups is 1. The molecular weight excluding hydrogens is 390 g/mol. The van der Waals surface area contributed by atoms with Crippen LogP contribution in [0, 0.1) is 11.3 Å². The highest BCUT2D eigenvalue weighted by Crippen LogP contribution is 2.21. The summed E-state index contributed by atoms with van der Waals surface area (Å²) < 4.78 is 27.7. The molecule has 0 aliphatic rings. The summed E-state index contributed by atoms with van der Waals surface area (Å²) in [6.07, 6.45) is 1.59. The normalized spacial score (nSPS) is 11.2. The fourth-order valence-electron chi connectivity index (χ4n) is 2.71. The van der Waals surface area contributed by atoms with Crippen LogP contribution in [0.25, 0.3) is 0 Å². The maximum absolute atomic E-state index is 13.2. The molecule has 0 aliphatic heterocycles. The van der Waals surface area contributed by atoms with E-state index < -0.39 is 16.0 Å². The van der Waals surface area contributed by atoms with Crippen molar-refractivity contribution in [2.75, 3.05) is 0 Å². The quantitative estimate of drug-likeness (QED) is 0.644. The minimum Gasteiger partial charge on any atom is -0.478 e. The molecule has 29 heavy (non-hydrogen) atoms. The molecule has 0 aliphatic carbocycles. The van der Waals surface area contributed by atoms with Gasteiger partial charge >= 0.3 is 5.97 Å². The first kappa shape index (κ1) is 20.2. The Balaban J connectivity index is 1.95. The third-order valence-electron chi connectivity index (χ3n) is 4.25. The highest BCUT2D eigenvalue weighted by atomic mass is 32.2. The fraction of sp³-hybridized carbons (Fsp3) is 0.0952. The molecule has 0 radical (unpaired) electrons. The minimum absolute atomic E-state index is 0.0405. The van der Waals surface area contributed by atoms with Gasteiger partial charge in [0.1, 0.15) is 0 Å². The van der Waals surface area contributed by atoms with E-state index >= 15 is 0 Å². The lowest BCUT2D eigenvalue weighted by molar-refractivity contribution is 0.0697. The lowest BCUT2D eigenvalue weighted by Gasteiger charge is -2.22. The first-order valence-electron chi connectivity index (χ1n) is 8.62. The second kappa shape index (κ2) is 8.65. The van der Waals surface area contributed by atoms with Gasteiger partial charge in [-0.2, -0.15) is 9.57 Å². The van der Waals surface area contributed by atoms with Crippen molar-refractivity contribution in [1.29, 1.82) is 5.26 Å². The lowest BCUT2D eigenvalue weighted by atomic mass is 10.1. The molecule has 0 saturated carbocycles. The van der Waals surface area contributed by atoms with Crippen molar-refractivity contribution in [1.82, 2.24) is 9.29 Å². The molecule has 0 spiro atoms. The minimum atomic E-state index is -3.88. The number of hydrogen-bond donors (Lipinski definition) is 1. The summed E-state index contributed by atoms with van der Waals surface area (Å²) in [6.45, 7) is 0.0860. The van der Waals surface area contributed by atoms with Crippen LogP contribution in [-0.2, 0) is 23.1 Å². The first-order chi connectivity index (χ1) is 13.9. The predicted octanol–water partition coefficient (Wildman–Crippen LogP) is 3.04. The zero-order valence-electron chi connectivity index (χ0n) is 15.3. The molecule has 1 N–H and O–H groups in total. The van der Waals surface area contributed by atoms with Crippen molar-refractivity contribution >= 4 is 16.0 Å². The van der Waals surface area contributed by atoms with Crippen molar-refractivity contribution in [3.63, 3.8) is 0 Å². The third kappa shape index (κ3) is 4.85. The van der Waals surface area contributed by atoms with Crippen molar-refractivity contribution < 1.29 is 18.3 Å². The molecule has 1 aromatic heterocycles. The third-order valence-corrected chi connectivity index (χ3v) is 6.05. The average molecular weight is 407 g/mol. The van der Waals surface area contributed by atoms with E-state index in [4.69, 9.17) is 10.4 Å². The molecule has 7 nitrogen and oxygen atoms in total. The Morgan fingerprint density at radius 3 is 2.24 bits per heavy atom. The monoisotopic (exact) mass is 407 g/mol. The molecule has 0 bridgehead atoms.